The van der Waals surface area contributed by atoms with Gasteiger partial charge in [-0.2, -0.15) is 0 Å². The second-order valence-electron chi connectivity index (χ2n) is 7.09. The Morgan fingerprint density at radius 3 is 2.92 bits per heavy atom. The highest BCUT2D eigenvalue weighted by atomic mass is 16.5. The number of carbonyl (C=O) groups excluding carboxylic acids is 1. The van der Waals surface area contributed by atoms with Crippen molar-refractivity contribution in [3.05, 3.63) is 36.2 Å². The highest BCUT2D eigenvalue weighted by molar-refractivity contribution is 5.93. The Hall–Kier alpha value is -1.88. The Bertz CT molecular complexity index is 625. The zero-order chi connectivity index (χ0) is 16.4. The van der Waals surface area contributed by atoms with Crippen LogP contribution in [0.15, 0.2) is 30.5 Å². The third-order valence-corrected chi connectivity index (χ3v) is 5.54. The summed E-state index contributed by atoms with van der Waals surface area (Å²) in [7, 11) is 0. The lowest BCUT2D eigenvalue weighted by Gasteiger charge is -2.26. The number of carbonyl (C=O) groups is 1. The minimum atomic E-state index is 0.000176. The van der Waals surface area contributed by atoms with Crippen LogP contribution in [0.25, 0.3) is 0 Å². The number of hydrogen-bond donors (Lipinski definition) is 1. The second kappa shape index (κ2) is 6.93. The number of nitrogens with zero attached hydrogens (tertiary/aromatic N) is 2. The van der Waals surface area contributed by atoms with E-state index in [4.69, 9.17) is 4.74 Å². The van der Waals surface area contributed by atoms with Gasteiger partial charge in [-0.1, -0.05) is 12.2 Å². The molecule has 5 heteroatoms. The van der Waals surface area contributed by atoms with Gasteiger partial charge < -0.3 is 15.0 Å². The van der Waals surface area contributed by atoms with Crippen molar-refractivity contribution >= 4 is 11.6 Å². The number of nitrogens with one attached hydrogen (secondary N) is 1. The molecule has 1 aliphatic heterocycles. The summed E-state index contributed by atoms with van der Waals surface area (Å²) in [5, 5.41) is 3.47. The monoisotopic (exact) mass is 327 g/mol. The van der Waals surface area contributed by atoms with E-state index in [1.165, 1.54) is 19.3 Å². The molecule has 0 aromatic carbocycles. The van der Waals surface area contributed by atoms with Gasteiger partial charge in [0.15, 0.2) is 0 Å². The van der Waals surface area contributed by atoms with Gasteiger partial charge in [0, 0.05) is 31.5 Å². The van der Waals surface area contributed by atoms with Crippen LogP contribution in [0.4, 0.5) is 5.69 Å². The maximum atomic E-state index is 12.5. The van der Waals surface area contributed by atoms with Gasteiger partial charge in [0.05, 0.1) is 13.2 Å². The first-order chi connectivity index (χ1) is 11.8. The van der Waals surface area contributed by atoms with Crippen molar-refractivity contribution in [3.63, 3.8) is 0 Å². The molecule has 1 aromatic heterocycles. The molecule has 3 aliphatic rings. The van der Waals surface area contributed by atoms with Gasteiger partial charge in [-0.25, -0.2) is 0 Å². The molecule has 1 saturated heterocycles. The predicted octanol–water partition coefficient (Wildman–Crippen LogP) is 2.57. The number of allylic oxidation sites excluding steroid dienone is 2. The maximum absolute atomic E-state index is 12.5. The molecule has 3 atom stereocenters. The molecule has 2 heterocycles. The summed E-state index contributed by atoms with van der Waals surface area (Å²) in [6, 6.07) is 3.81. The standard InChI is InChI=1S/C19H25N3O2/c23-19(22-7-9-24-10-8-22)18-13-17(4-6-21-18)20-5-3-16-12-14-1-2-15(16)11-14/h1-2,4,6,13-16H,3,5,7-12H2,(H,20,21)/t14-,15+,16-/m1/s1. The van der Waals surface area contributed by atoms with Gasteiger partial charge >= 0.3 is 0 Å². The summed E-state index contributed by atoms with van der Waals surface area (Å²) < 4.78 is 5.30. The molecule has 1 saturated carbocycles. The Labute approximate surface area is 143 Å². The van der Waals surface area contributed by atoms with Crippen molar-refractivity contribution in [2.24, 2.45) is 17.8 Å². The maximum Gasteiger partial charge on any atom is 0.272 e. The van der Waals surface area contributed by atoms with Gasteiger partial charge in [-0.05, 0) is 49.1 Å². The minimum absolute atomic E-state index is 0.000176. The van der Waals surface area contributed by atoms with Crippen LogP contribution < -0.4 is 5.32 Å². The van der Waals surface area contributed by atoms with Crippen molar-refractivity contribution < 1.29 is 9.53 Å². The first-order valence-corrected chi connectivity index (χ1v) is 9.05. The van der Waals surface area contributed by atoms with Crippen molar-refractivity contribution in [2.45, 2.75) is 19.3 Å². The fourth-order valence-electron chi connectivity index (χ4n) is 4.21. The minimum Gasteiger partial charge on any atom is -0.385 e. The Balaban J connectivity index is 1.31. The molecule has 0 spiro atoms. The van der Waals surface area contributed by atoms with Crippen molar-refractivity contribution in [2.75, 3.05) is 38.2 Å². The molecule has 5 nitrogen and oxygen atoms in total. The molecular formula is C19H25N3O2. The number of morpholine rings is 1. The number of hydrogen-bond acceptors (Lipinski definition) is 4. The van der Waals surface area contributed by atoms with Crippen LogP contribution in [0.2, 0.25) is 0 Å². The normalized spacial score (nSPS) is 28.3. The van der Waals surface area contributed by atoms with E-state index in [0.29, 0.717) is 32.0 Å². The number of ether oxygens (including phenoxy) is 1. The van der Waals surface area contributed by atoms with E-state index in [9.17, 15) is 4.79 Å². The lowest BCUT2D eigenvalue weighted by atomic mass is 9.91. The van der Waals surface area contributed by atoms with Crippen molar-refractivity contribution in [1.82, 2.24) is 9.88 Å². The second-order valence-corrected chi connectivity index (χ2v) is 7.09. The van der Waals surface area contributed by atoms with Crippen LogP contribution in [-0.2, 0) is 4.74 Å². The third-order valence-electron chi connectivity index (χ3n) is 5.54. The summed E-state index contributed by atoms with van der Waals surface area (Å²) in [6.45, 7) is 3.48. The van der Waals surface area contributed by atoms with Crippen LogP contribution >= 0.6 is 0 Å². The zero-order valence-corrected chi connectivity index (χ0v) is 14.0. The molecular weight excluding hydrogens is 302 g/mol. The van der Waals surface area contributed by atoms with E-state index in [-0.39, 0.29) is 5.91 Å². The lowest BCUT2D eigenvalue weighted by Crippen LogP contribution is -2.41. The van der Waals surface area contributed by atoms with Gasteiger partial charge in [-0.15, -0.1) is 0 Å². The molecule has 1 aromatic rings. The average molecular weight is 327 g/mol. The first-order valence-electron chi connectivity index (χ1n) is 9.05. The lowest BCUT2D eigenvalue weighted by molar-refractivity contribution is 0.0299. The number of pyridine rings is 1. The summed E-state index contributed by atoms with van der Waals surface area (Å²) >= 11 is 0. The Morgan fingerprint density at radius 1 is 1.29 bits per heavy atom. The topological polar surface area (TPSA) is 54.5 Å². The van der Waals surface area contributed by atoms with Gasteiger partial charge in [0.25, 0.3) is 5.91 Å². The largest absolute Gasteiger partial charge is 0.385 e. The summed E-state index contributed by atoms with van der Waals surface area (Å²) in [5.74, 6) is 2.45. The number of fused-ring (bicyclic) bond motifs is 2. The van der Waals surface area contributed by atoms with Crippen LogP contribution in [0.3, 0.4) is 0 Å². The van der Waals surface area contributed by atoms with Crippen LogP contribution in [0.1, 0.15) is 29.8 Å². The van der Waals surface area contributed by atoms with Gasteiger partial charge in [0.1, 0.15) is 5.69 Å². The van der Waals surface area contributed by atoms with Crippen molar-refractivity contribution in [3.8, 4) is 0 Å². The molecule has 0 unspecified atom stereocenters. The summed E-state index contributed by atoms with van der Waals surface area (Å²) in [5.41, 5.74) is 1.50. The highest BCUT2D eigenvalue weighted by Crippen LogP contribution is 2.44. The van der Waals surface area contributed by atoms with Crippen LogP contribution in [0.5, 0.6) is 0 Å². The fraction of sp³-hybridized carbons (Fsp3) is 0.579. The summed E-state index contributed by atoms with van der Waals surface area (Å²) in [6.07, 6.45) is 10.4. The molecule has 2 aliphatic carbocycles. The SMILES string of the molecule is O=C(c1cc(NCC[C@@H]2C[C@@H]3C=C[C@H]2C3)ccn1)N1CCOCC1. The van der Waals surface area contributed by atoms with E-state index in [1.807, 2.05) is 17.0 Å². The van der Waals surface area contributed by atoms with Gasteiger partial charge in [-0.3, -0.25) is 9.78 Å². The van der Waals surface area contributed by atoms with Crippen molar-refractivity contribution in [1.29, 1.82) is 0 Å². The van der Waals surface area contributed by atoms with Gasteiger partial charge in [0.2, 0.25) is 0 Å². The Morgan fingerprint density at radius 2 is 2.17 bits per heavy atom. The van der Waals surface area contributed by atoms with Crippen LogP contribution in [-0.4, -0.2) is 48.6 Å². The summed E-state index contributed by atoms with van der Waals surface area (Å²) in [4.78, 5) is 18.6. The quantitative estimate of drug-likeness (QED) is 0.845. The van der Waals surface area contributed by atoms with E-state index >= 15 is 0 Å². The smallest absolute Gasteiger partial charge is 0.272 e. The highest BCUT2D eigenvalue weighted by Gasteiger charge is 2.34. The molecule has 1 amide bonds. The van der Waals surface area contributed by atoms with Crippen LogP contribution in [0, 0.1) is 17.8 Å². The Kier molecular flexibility index (Phi) is 4.52. The molecule has 2 fully saturated rings. The molecule has 0 radical (unpaired) electrons. The average Bonchev–Trinajstić information content (AvgIpc) is 3.25. The molecule has 4 rings (SSSR count). The van der Waals surface area contributed by atoms with E-state index in [0.717, 1.165) is 30.0 Å². The first kappa shape index (κ1) is 15.6. The molecule has 128 valence electrons. The van der Waals surface area contributed by atoms with E-state index in [1.54, 1.807) is 6.20 Å². The van der Waals surface area contributed by atoms with E-state index < -0.39 is 0 Å². The molecule has 24 heavy (non-hydrogen) atoms. The molecule has 2 bridgehead atoms. The number of amides is 1. The number of rotatable bonds is 5. The third kappa shape index (κ3) is 3.31. The fourth-order valence-corrected chi connectivity index (χ4v) is 4.21. The zero-order valence-electron chi connectivity index (χ0n) is 14.0. The number of anilines is 1. The predicted molar refractivity (Wildman–Crippen MR) is 92.9 cm³/mol. The number of aromatic nitrogens is 1. The van der Waals surface area contributed by atoms with E-state index in [2.05, 4.69) is 22.5 Å². The molecule has 1 N–H and O–H groups in total.